The van der Waals surface area contributed by atoms with E-state index in [2.05, 4.69) is 10.5 Å². The van der Waals surface area contributed by atoms with E-state index in [9.17, 15) is 9.18 Å². The van der Waals surface area contributed by atoms with Gasteiger partial charge in [-0.3, -0.25) is 4.79 Å². The van der Waals surface area contributed by atoms with E-state index >= 15 is 0 Å². The Hall–Kier alpha value is -3.39. The summed E-state index contributed by atoms with van der Waals surface area (Å²) in [4.78, 5) is 12.1. The molecule has 1 N–H and O–H groups in total. The Bertz CT molecular complexity index is 940. The molecular formula is C20H19FN2O5. The van der Waals surface area contributed by atoms with Gasteiger partial charge < -0.3 is 24.1 Å². The largest absolute Gasteiger partial charge is 0.497 e. The van der Waals surface area contributed by atoms with Crippen LogP contribution in [0.15, 0.2) is 53.1 Å². The van der Waals surface area contributed by atoms with E-state index in [1.165, 1.54) is 26.4 Å². The summed E-state index contributed by atoms with van der Waals surface area (Å²) in [5, 5.41) is 6.59. The molecule has 0 saturated carbocycles. The fourth-order valence-electron chi connectivity index (χ4n) is 2.48. The van der Waals surface area contributed by atoms with Crippen LogP contribution in [0.25, 0.3) is 11.3 Å². The Morgan fingerprint density at radius 3 is 2.61 bits per heavy atom. The summed E-state index contributed by atoms with van der Waals surface area (Å²) in [5.41, 5.74) is 1.70. The van der Waals surface area contributed by atoms with Gasteiger partial charge in [-0.25, -0.2) is 4.39 Å². The van der Waals surface area contributed by atoms with E-state index in [0.717, 1.165) is 0 Å². The number of anilines is 1. The highest BCUT2D eigenvalue weighted by atomic mass is 19.1. The maximum atomic E-state index is 13.0. The third-order valence-electron chi connectivity index (χ3n) is 3.85. The highest BCUT2D eigenvalue weighted by Gasteiger charge is 2.11. The molecule has 2 aromatic carbocycles. The first-order valence-corrected chi connectivity index (χ1v) is 8.40. The number of hydrogen-bond acceptors (Lipinski definition) is 6. The fraction of sp³-hybridized carbons (Fsp3) is 0.200. The molecule has 1 aromatic heterocycles. The Balaban J connectivity index is 1.53. The first-order chi connectivity index (χ1) is 13.6. The Morgan fingerprint density at radius 2 is 1.89 bits per heavy atom. The van der Waals surface area contributed by atoms with Crippen molar-refractivity contribution in [1.29, 1.82) is 0 Å². The lowest BCUT2D eigenvalue weighted by Crippen LogP contribution is -2.18. The minimum atomic E-state index is -0.353. The van der Waals surface area contributed by atoms with Crippen molar-refractivity contribution in [3.05, 3.63) is 60.0 Å². The second kappa shape index (κ2) is 9.01. The molecule has 0 unspecified atom stereocenters. The molecule has 0 radical (unpaired) electrons. The molecule has 0 saturated heterocycles. The third kappa shape index (κ3) is 4.86. The van der Waals surface area contributed by atoms with Crippen LogP contribution in [0.2, 0.25) is 0 Å². The molecule has 1 amide bonds. The number of nitrogens with zero attached hydrogens (tertiary/aromatic N) is 1. The minimum absolute atomic E-state index is 0.0906. The quantitative estimate of drug-likeness (QED) is 0.636. The zero-order chi connectivity index (χ0) is 19.9. The number of carbonyl (C=O) groups is 1. The van der Waals surface area contributed by atoms with Crippen molar-refractivity contribution < 1.29 is 27.9 Å². The number of carbonyl (C=O) groups excluding carboxylic acids is 1. The molecule has 0 aliphatic carbocycles. The average molecular weight is 386 g/mol. The summed E-state index contributed by atoms with van der Waals surface area (Å²) >= 11 is 0. The molecule has 8 heteroatoms. The summed E-state index contributed by atoms with van der Waals surface area (Å²) in [6.45, 7) is -0.0908. The SMILES string of the molecule is COc1ccc(OC)c(NC(=O)COCc2cc(-c3ccc(F)cc3)on2)c1. The Morgan fingerprint density at radius 1 is 1.11 bits per heavy atom. The lowest BCUT2D eigenvalue weighted by Gasteiger charge is -2.11. The van der Waals surface area contributed by atoms with Crippen LogP contribution in [0, 0.1) is 5.82 Å². The van der Waals surface area contributed by atoms with Gasteiger partial charge in [-0.15, -0.1) is 0 Å². The molecule has 0 bridgehead atoms. The van der Waals surface area contributed by atoms with E-state index in [-0.39, 0.29) is 24.9 Å². The second-order valence-corrected chi connectivity index (χ2v) is 5.80. The number of ether oxygens (including phenoxy) is 3. The van der Waals surface area contributed by atoms with E-state index in [1.54, 1.807) is 36.4 Å². The standard InChI is InChI=1S/C20H19FN2O5/c1-25-16-7-8-18(26-2)17(10-16)22-20(24)12-27-11-15-9-19(28-23-15)13-3-5-14(21)6-4-13/h3-10H,11-12H2,1-2H3,(H,22,24). The molecule has 0 aliphatic rings. The minimum Gasteiger partial charge on any atom is -0.497 e. The van der Waals surface area contributed by atoms with E-state index in [0.29, 0.717) is 34.2 Å². The summed E-state index contributed by atoms with van der Waals surface area (Å²) < 4.78 is 33.9. The number of hydrogen-bond donors (Lipinski definition) is 1. The first kappa shape index (κ1) is 19.4. The van der Waals surface area contributed by atoms with E-state index in [1.807, 2.05) is 0 Å². The van der Waals surface area contributed by atoms with E-state index < -0.39 is 0 Å². The number of aromatic nitrogens is 1. The summed E-state index contributed by atoms with van der Waals surface area (Å²) in [7, 11) is 3.05. The predicted molar refractivity (Wildman–Crippen MR) is 99.7 cm³/mol. The number of nitrogens with one attached hydrogen (secondary N) is 1. The van der Waals surface area contributed by atoms with Gasteiger partial charge in [0.2, 0.25) is 5.91 Å². The maximum Gasteiger partial charge on any atom is 0.250 e. The van der Waals surface area contributed by atoms with Crippen molar-refractivity contribution in [3.8, 4) is 22.8 Å². The van der Waals surface area contributed by atoms with Gasteiger partial charge in [-0.05, 0) is 36.4 Å². The predicted octanol–water partition coefficient (Wildman–Crippen LogP) is 3.65. The maximum absolute atomic E-state index is 13.0. The molecule has 7 nitrogen and oxygen atoms in total. The van der Waals surface area contributed by atoms with Crippen molar-refractivity contribution in [2.24, 2.45) is 0 Å². The molecule has 3 rings (SSSR count). The molecule has 28 heavy (non-hydrogen) atoms. The molecule has 146 valence electrons. The van der Waals surface area contributed by atoms with Gasteiger partial charge in [0.1, 0.15) is 29.6 Å². The van der Waals surface area contributed by atoms with Crippen molar-refractivity contribution >= 4 is 11.6 Å². The lowest BCUT2D eigenvalue weighted by atomic mass is 10.1. The monoisotopic (exact) mass is 386 g/mol. The molecule has 0 spiro atoms. The summed E-state index contributed by atoms with van der Waals surface area (Å²) in [6, 6.07) is 12.6. The van der Waals surface area contributed by atoms with Gasteiger partial charge in [0.15, 0.2) is 5.76 Å². The van der Waals surface area contributed by atoms with Crippen LogP contribution in [-0.2, 0) is 16.1 Å². The fourth-order valence-corrected chi connectivity index (χ4v) is 2.48. The Kier molecular flexibility index (Phi) is 6.23. The highest BCUT2D eigenvalue weighted by molar-refractivity contribution is 5.93. The number of amides is 1. The molecule has 0 atom stereocenters. The van der Waals surface area contributed by atoms with Gasteiger partial charge in [-0.1, -0.05) is 5.16 Å². The van der Waals surface area contributed by atoms with Crippen molar-refractivity contribution in [3.63, 3.8) is 0 Å². The number of halogens is 1. The average Bonchev–Trinajstić information content (AvgIpc) is 3.17. The van der Waals surface area contributed by atoms with Crippen LogP contribution in [-0.4, -0.2) is 31.9 Å². The number of methoxy groups -OCH3 is 2. The van der Waals surface area contributed by atoms with Crippen molar-refractivity contribution in [2.45, 2.75) is 6.61 Å². The van der Waals surface area contributed by atoms with Gasteiger partial charge in [0.25, 0.3) is 0 Å². The zero-order valence-electron chi connectivity index (χ0n) is 15.4. The number of benzene rings is 2. The summed E-state index contributed by atoms with van der Waals surface area (Å²) in [5.74, 6) is 0.908. The van der Waals surface area contributed by atoms with Gasteiger partial charge in [0, 0.05) is 17.7 Å². The van der Waals surface area contributed by atoms with Crippen LogP contribution in [0.5, 0.6) is 11.5 Å². The van der Waals surface area contributed by atoms with Crippen molar-refractivity contribution in [2.75, 3.05) is 26.1 Å². The molecule has 1 heterocycles. The highest BCUT2D eigenvalue weighted by Crippen LogP contribution is 2.28. The smallest absolute Gasteiger partial charge is 0.250 e. The molecule has 3 aromatic rings. The van der Waals surface area contributed by atoms with Crippen LogP contribution >= 0.6 is 0 Å². The summed E-state index contributed by atoms with van der Waals surface area (Å²) in [6.07, 6.45) is 0. The van der Waals surface area contributed by atoms with Gasteiger partial charge >= 0.3 is 0 Å². The number of rotatable bonds is 8. The molecule has 0 aliphatic heterocycles. The Labute approximate surface area is 161 Å². The first-order valence-electron chi connectivity index (χ1n) is 8.40. The second-order valence-electron chi connectivity index (χ2n) is 5.80. The van der Waals surface area contributed by atoms with Crippen LogP contribution in [0.4, 0.5) is 10.1 Å². The van der Waals surface area contributed by atoms with Crippen molar-refractivity contribution in [1.82, 2.24) is 5.16 Å². The van der Waals surface area contributed by atoms with Gasteiger partial charge in [-0.2, -0.15) is 0 Å². The normalized spacial score (nSPS) is 10.5. The third-order valence-corrected chi connectivity index (χ3v) is 3.85. The molecular weight excluding hydrogens is 367 g/mol. The van der Waals surface area contributed by atoms with Crippen LogP contribution < -0.4 is 14.8 Å². The lowest BCUT2D eigenvalue weighted by molar-refractivity contribution is -0.121. The van der Waals surface area contributed by atoms with Crippen LogP contribution in [0.1, 0.15) is 5.69 Å². The zero-order valence-corrected chi connectivity index (χ0v) is 15.4. The van der Waals surface area contributed by atoms with Crippen LogP contribution in [0.3, 0.4) is 0 Å². The van der Waals surface area contributed by atoms with E-state index in [4.69, 9.17) is 18.7 Å². The molecule has 0 fully saturated rings. The topological polar surface area (TPSA) is 82.8 Å². The van der Waals surface area contributed by atoms with Gasteiger partial charge in [0.05, 0.1) is 26.5 Å².